The second kappa shape index (κ2) is 7.44. The number of nitrogens with one attached hydrogen (secondary N) is 1. The van der Waals surface area contributed by atoms with Gasteiger partial charge < -0.3 is 10.2 Å². The molecule has 4 aliphatic rings. The number of amidine groups is 1. The van der Waals surface area contributed by atoms with Crippen molar-refractivity contribution in [2.24, 2.45) is 22.7 Å². The van der Waals surface area contributed by atoms with Crippen molar-refractivity contribution in [2.75, 3.05) is 26.2 Å². The van der Waals surface area contributed by atoms with Crippen LogP contribution in [-0.4, -0.2) is 59.3 Å². The summed E-state index contributed by atoms with van der Waals surface area (Å²) in [4.78, 5) is 34.7. The molecule has 1 N–H and O–H groups in total. The largest absolute Gasteiger partial charge is 0.338 e. The second-order valence-corrected chi connectivity index (χ2v) is 8.86. The van der Waals surface area contributed by atoms with E-state index in [4.69, 9.17) is 4.99 Å². The van der Waals surface area contributed by atoms with Crippen LogP contribution in [0.15, 0.2) is 4.99 Å². The number of hydrogen-bond acceptors (Lipinski definition) is 3. The summed E-state index contributed by atoms with van der Waals surface area (Å²) in [6.07, 6.45) is 9.05. The standard InChI is InChI=1S/C21H34N4O2/c1-3-18-23-21(19(26)25(18)4-2)11-10-16-13-24(14-17(16)21)20(27)22-12-15-8-6-5-7-9-15/h15-17H,3-14H2,1-2H3,(H,22,27)/t16-,17+,21-/m1/s1. The van der Waals surface area contributed by atoms with Crippen molar-refractivity contribution in [1.29, 1.82) is 0 Å². The zero-order valence-corrected chi connectivity index (χ0v) is 16.9. The Morgan fingerprint density at radius 1 is 1.19 bits per heavy atom. The molecule has 2 aliphatic heterocycles. The molecule has 0 aromatic rings. The van der Waals surface area contributed by atoms with E-state index < -0.39 is 5.54 Å². The van der Waals surface area contributed by atoms with Crippen LogP contribution in [0.5, 0.6) is 0 Å². The molecule has 3 atom stereocenters. The molecule has 6 nitrogen and oxygen atoms in total. The van der Waals surface area contributed by atoms with Crippen LogP contribution in [-0.2, 0) is 4.79 Å². The number of urea groups is 1. The molecule has 27 heavy (non-hydrogen) atoms. The molecule has 4 rings (SSSR count). The molecule has 6 heteroatoms. The van der Waals surface area contributed by atoms with Crippen molar-refractivity contribution in [2.45, 2.75) is 70.8 Å². The molecule has 150 valence electrons. The van der Waals surface area contributed by atoms with Crippen molar-refractivity contribution in [3.8, 4) is 0 Å². The first kappa shape index (κ1) is 18.8. The Kier molecular flexibility index (Phi) is 5.17. The van der Waals surface area contributed by atoms with Crippen LogP contribution < -0.4 is 5.32 Å². The van der Waals surface area contributed by atoms with E-state index in [2.05, 4.69) is 12.2 Å². The van der Waals surface area contributed by atoms with Gasteiger partial charge in [0.1, 0.15) is 11.4 Å². The molecule has 2 saturated carbocycles. The van der Waals surface area contributed by atoms with Gasteiger partial charge in [0.25, 0.3) is 5.91 Å². The molecule has 0 aromatic carbocycles. The van der Waals surface area contributed by atoms with Crippen LogP contribution >= 0.6 is 0 Å². The minimum atomic E-state index is -0.593. The van der Waals surface area contributed by atoms with Gasteiger partial charge >= 0.3 is 6.03 Å². The van der Waals surface area contributed by atoms with Gasteiger partial charge in [-0.25, -0.2) is 4.79 Å². The van der Waals surface area contributed by atoms with E-state index in [1.165, 1.54) is 32.1 Å². The summed E-state index contributed by atoms with van der Waals surface area (Å²) >= 11 is 0. The lowest BCUT2D eigenvalue weighted by Crippen LogP contribution is -2.47. The Morgan fingerprint density at radius 2 is 1.96 bits per heavy atom. The van der Waals surface area contributed by atoms with Gasteiger partial charge in [-0.3, -0.25) is 14.7 Å². The molecule has 0 aromatic heterocycles. The fourth-order valence-electron chi connectivity index (χ4n) is 5.89. The number of amides is 3. The van der Waals surface area contributed by atoms with Crippen molar-refractivity contribution >= 4 is 17.8 Å². The van der Waals surface area contributed by atoms with Crippen LogP contribution in [0.2, 0.25) is 0 Å². The van der Waals surface area contributed by atoms with Crippen molar-refractivity contribution in [3.63, 3.8) is 0 Å². The van der Waals surface area contributed by atoms with E-state index in [1.54, 1.807) is 0 Å². The minimum absolute atomic E-state index is 0.0580. The Hall–Kier alpha value is -1.59. The normalized spacial score (nSPS) is 33.7. The van der Waals surface area contributed by atoms with Crippen LogP contribution in [0.25, 0.3) is 0 Å². The van der Waals surface area contributed by atoms with Gasteiger partial charge in [0.2, 0.25) is 0 Å². The van der Waals surface area contributed by atoms with Crippen molar-refractivity contribution in [1.82, 2.24) is 15.1 Å². The van der Waals surface area contributed by atoms with E-state index in [0.29, 0.717) is 24.9 Å². The van der Waals surface area contributed by atoms with Crippen LogP contribution in [0.1, 0.15) is 65.2 Å². The maximum atomic E-state index is 13.2. The quantitative estimate of drug-likeness (QED) is 0.822. The zero-order chi connectivity index (χ0) is 19.0. The lowest BCUT2D eigenvalue weighted by molar-refractivity contribution is -0.132. The predicted molar refractivity (Wildman–Crippen MR) is 106 cm³/mol. The first-order valence-electron chi connectivity index (χ1n) is 11.0. The van der Waals surface area contributed by atoms with E-state index in [9.17, 15) is 9.59 Å². The first-order valence-corrected chi connectivity index (χ1v) is 11.0. The molecule has 3 fully saturated rings. The summed E-state index contributed by atoms with van der Waals surface area (Å²) < 4.78 is 0. The molecule has 0 bridgehead atoms. The average molecular weight is 375 g/mol. The zero-order valence-electron chi connectivity index (χ0n) is 16.9. The number of aliphatic imine (C=N–C) groups is 1. The molecular formula is C21H34N4O2. The Bertz CT molecular complexity index is 628. The summed E-state index contributed by atoms with van der Waals surface area (Å²) in [7, 11) is 0. The van der Waals surface area contributed by atoms with Crippen molar-refractivity contribution < 1.29 is 9.59 Å². The van der Waals surface area contributed by atoms with Gasteiger partial charge in [-0.2, -0.15) is 0 Å². The highest BCUT2D eigenvalue weighted by molar-refractivity contribution is 6.08. The number of fused-ring (bicyclic) bond motifs is 2. The highest BCUT2D eigenvalue weighted by Crippen LogP contribution is 2.50. The van der Waals surface area contributed by atoms with E-state index in [-0.39, 0.29) is 17.9 Å². The number of likely N-dealkylation sites (tertiary alicyclic amines) is 1. The molecule has 0 radical (unpaired) electrons. The van der Waals surface area contributed by atoms with Gasteiger partial charge in [-0.05, 0) is 44.4 Å². The van der Waals surface area contributed by atoms with Gasteiger partial charge in [0, 0.05) is 38.5 Å². The molecule has 1 saturated heterocycles. The number of carbonyl (C=O) groups excluding carboxylic acids is 2. The van der Waals surface area contributed by atoms with Gasteiger partial charge in [0.05, 0.1) is 0 Å². The highest BCUT2D eigenvalue weighted by Gasteiger charge is 2.61. The number of carbonyl (C=O) groups is 2. The molecule has 2 heterocycles. The number of rotatable bonds is 4. The summed E-state index contributed by atoms with van der Waals surface area (Å²) in [5.74, 6) is 2.35. The molecule has 1 spiro atoms. The lowest BCUT2D eigenvalue weighted by atomic mass is 9.85. The summed E-state index contributed by atoms with van der Waals surface area (Å²) in [5.41, 5.74) is -0.593. The monoisotopic (exact) mass is 374 g/mol. The Balaban J connectivity index is 1.40. The Labute approximate surface area is 162 Å². The molecule has 3 amide bonds. The van der Waals surface area contributed by atoms with Crippen LogP contribution in [0.4, 0.5) is 4.79 Å². The number of likely N-dealkylation sites (N-methyl/N-ethyl adjacent to an activating group) is 1. The van der Waals surface area contributed by atoms with Crippen LogP contribution in [0.3, 0.4) is 0 Å². The second-order valence-electron chi connectivity index (χ2n) is 8.86. The van der Waals surface area contributed by atoms with Crippen molar-refractivity contribution in [3.05, 3.63) is 0 Å². The maximum Gasteiger partial charge on any atom is 0.317 e. The first-order chi connectivity index (χ1) is 13.1. The predicted octanol–water partition coefficient (Wildman–Crippen LogP) is 3.03. The molecular weight excluding hydrogens is 340 g/mol. The van der Waals surface area contributed by atoms with E-state index >= 15 is 0 Å². The van der Waals surface area contributed by atoms with Crippen LogP contribution in [0, 0.1) is 17.8 Å². The third kappa shape index (κ3) is 3.15. The highest BCUT2D eigenvalue weighted by atomic mass is 16.2. The average Bonchev–Trinajstić information content (AvgIpc) is 3.34. The van der Waals surface area contributed by atoms with E-state index in [1.807, 2.05) is 16.7 Å². The SMILES string of the molecule is CCC1=N[C@@]2(CC[C@@H]3CN(C(=O)NCC4CCCCC4)C[C@@H]32)C(=O)N1CC. The summed E-state index contributed by atoms with van der Waals surface area (Å²) in [5, 5.41) is 3.17. The third-order valence-corrected chi connectivity index (χ3v) is 7.39. The smallest absolute Gasteiger partial charge is 0.317 e. The Morgan fingerprint density at radius 3 is 2.63 bits per heavy atom. The fraction of sp³-hybridized carbons (Fsp3) is 0.857. The van der Waals surface area contributed by atoms with E-state index in [0.717, 1.165) is 38.2 Å². The third-order valence-electron chi connectivity index (χ3n) is 7.39. The van der Waals surface area contributed by atoms with Gasteiger partial charge in [-0.1, -0.05) is 26.2 Å². The summed E-state index contributed by atoms with van der Waals surface area (Å²) in [6, 6.07) is 0.0580. The summed E-state index contributed by atoms with van der Waals surface area (Å²) in [6.45, 7) is 7.03. The fourth-order valence-corrected chi connectivity index (χ4v) is 5.89. The molecule has 0 unspecified atom stereocenters. The number of hydrogen-bond donors (Lipinski definition) is 1. The molecule has 2 aliphatic carbocycles. The van der Waals surface area contributed by atoms with Gasteiger partial charge in [0.15, 0.2) is 0 Å². The maximum absolute atomic E-state index is 13.2. The topological polar surface area (TPSA) is 65.0 Å². The lowest BCUT2D eigenvalue weighted by Gasteiger charge is -2.28. The number of nitrogens with zero attached hydrogens (tertiary/aromatic N) is 3. The van der Waals surface area contributed by atoms with Gasteiger partial charge in [-0.15, -0.1) is 0 Å². The minimum Gasteiger partial charge on any atom is -0.338 e.